The fourth-order valence-electron chi connectivity index (χ4n) is 5.19. The van der Waals surface area contributed by atoms with Crippen LogP contribution in [-0.4, -0.2) is 22.2 Å². The number of halogens is 5. The Bertz CT molecular complexity index is 1790. The van der Waals surface area contributed by atoms with E-state index in [2.05, 4.69) is 0 Å². The molecule has 1 aromatic heterocycles. The van der Waals surface area contributed by atoms with Crippen LogP contribution >= 0.6 is 23.5 Å². The molecule has 0 radical (unpaired) electrons. The van der Waals surface area contributed by atoms with Crippen LogP contribution in [0.1, 0.15) is 28.3 Å². The minimum absolute atomic E-state index is 0.122. The molecule has 6 rings (SSSR count). The lowest BCUT2D eigenvalue weighted by atomic mass is 9.92. The standard InChI is InChI=1S/C30H20F5NO4S2/c1-15-18(12-19-20(30(33,34)35)8-5-9-21(19)31)28-36(22(13-41-28)29(38)42-16-6-3-2-4-7-16)27(37)24(15)17-10-11-23-26(25(17)32)40-14-39-23/h2-11,22H,12-14H2,1H3. The summed E-state index contributed by atoms with van der Waals surface area (Å²) in [6, 6.07) is 13.2. The summed E-state index contributed by atoms with van der Waals surface area (Å²) in [7, 11) is 0. The summed E-state index contributed by atoms with van der Waals surface area (Å²) in [5, 5.41) is -0.130. The lowest BCUT2D eigenvalue weighted by Crippen LogP contribution is -2.30. The molecule has 2 aliphatic rings. The Morgan fingerprint density at radius 3 is 2.52 bits per heavy atom. The van der Waals surface area contributed by atoms with Crippen LogP contribution < -0.4 is 15.0 Å². The molecule has 5 nitrogen and oxygen atoms in total. The van der Waals surface area contributed by atoms with Crippen LogP contribution in [0.3, 0.4) is 0 Å². The predicted molar refractivity (Wildman–Crippen MR) is 148 cm³/mol. The first kappa shape index (κ1) is 28.4. The highest BCUT2D eigenvalue weighted by atomic mass is 32.2. The number of hydrogen-bond donors (Lipinski definition) is 0. The highest BCUT2D eigenvalue weighted by Crippen LogP contribution is 2.45. The number of alkyl halides is 3. The molecule has 2 aliphatic heterocycles. The van der Waals surface area contributed by atoms with Gasteiger partial charge >= 0.3 is 6.18 Å². The highest BCUT2D eigenvalue weighted by molar-refractivity contribution is 8.13. The minimum Gasteiger partial charge on any atom is -0.453 e. The molecular weight excluding hydrogens is 597 g/mol. The lowest BCUT2D eigenvalue weighted by Gasteiger charge is -2.21. The van der Waals surface area contributed by atoms with E-state index in [0.717, 1.165) is 41.7 Å². The molecule has 4 aromatic rings. The number of fused-ring (bicyclic) bond motifs is 2. The Labute approximate surface area is 244 Å². The van der Waals surface area contributed by atoms with E-state index < -0.39 is 47.0 Å². The number of hydrogen-bond acceptors (Lipinski definition) is 6. The van der Waals surface area contributed by atoms with E-state index in [-0.39, 0.29) is 56.4 Å². The van der Waals surface area contributed by atoms with Gasteiger partial charge in [0.15, 0.2) is 11.6 Å². The molecule has 0 bridgehead atoms. The fourth-order valence-corrected chi connectivity index (χ4v) is 7.51. The number of pyridine rings is 1. The normalized spacial score (nSPS) is 15.6. The van der Waals surface area contributed by atoms with Crippen LogP contribution in [-0.2, 0) is 17.4 Å². The van der Waals surface area contributed by atoms with Crippen LogP contribution in [0.5, 0.6) is 11.5 Å². The average Bonchev–Trinajstić information content (AvgIpc) is 3.61. The number of benzene rings is 3. The Kier molecular flexibility index (Phi) is 7.30. The quantitative estimate of drug-likeness (QED) is 0.172. The maximum absolute atomic E-state index is 15.7. The molecule has 0 N–H and O–H groups in total. The van der Waals surface area contributed by atoms with Gasteiger partial charge in [-0.05, 0) is 66.2 Å². The van der Waals surface area contributed by atoms with E-state index in [0.29, 0.717) is 4.90 Å². The van der Waals surface area contributed by atoms with Crippen molar-refractivity contribution in [1.82, 2.24) is 4.57 Å². The molecule has 1 atom stereocenters. The number of carbonyl (C=O) groups is 1. The molecule has 42 heavy (non-hydrogen) atoms. The largest absolute Gasteiger partial charge is 0.453 e. The van der Waals surface area contributed by atoms with Gasteiger partial charge in [0.25, 0.3) is 5.56 Å². The van der Waals surface area contributed by atoms with Crippen LogP contribution in [0.15, 0.2) is 75.4 Å². The Morgan fingerprint density at radius 2 is 1.79 bits per heavy atom. The van der Waals surface area contributed by atoms with Gasteiger partial charge in [-0.25, -0.2) is 8.78 Å². The zero-order chi connectivity index (χ0) is 29.8. The minimum atomic E-state index is -4.84. The van der Waals surface area contributed by atoms with Crippen molar-refractivity contribution in [3.63, 3.8) is 0 Å². The third-order valence-electron chi connectivity index (χ3n) is 7.19. The second kappa shape index (κ2) is 10.8. The topological polar surface area (TPSA) is 57.5 Å². The van der Waals surface area contributed by atoms with Crippen molar-refractivity contribution in [2.75, 3.05) is 12.5 Å². The molecule has 0 saturated heterocycles. The smallest absolute Gasteiger partial charge is 0.416 e. The van der Waals surface area contributed by atoms with E-state index in [1.807, 2.05) is 0 Å². The number of aromatic nitrogens is 1. The Balaban J connectivity index is 1.56. The third-order valence-corrected chi connectivity index (χ3v) is 9.37. The first-order valence-corrected chi connectivity index (χ1v) is 14.5. The SMILES string of the molecule is Cc1c(Cc2c(F)cccc2C(F)(F)F)c2n(c(=O)c1-c1ccc3c(c1F)OCO3)C(C(=O)Sc1ccccc1)CS2. The van der Waals surface area contributed by atoms with Crippen molar-refractivity contribution in [1.29, 1.82) is 0 Å². The molecule has 1 unspecified atom stereocenters. The van der Waals surface area contributed by atoms with E-state index >= 15 is 4.39 Å². The summed E-state index contributed by atoms with van der Waals surface area (Å²) in [4.78, 5) is 28.2. The van der Waals surface area contributed by atoms with Gasteiger partial charge in [-0.1, -0.05) is 24.3 Å². The molecular formula is C30H20F5NO4S2. The molecule has 0 aliphatic carbocycles. The third kappa shape index (κ3) is 4.86. The van der Waals surface area contributed by atoms with E-state index in [9.17, 15) is 27.2 Å². The molecule has 3 heterocycles. The number of carbonyl (C=O) groups excluding carboxylic acids is 1. The van der Waals surface area contributed by atoms with Gasteiger partial charge < -0.3 is 9.47 Å². The molecule has 3 aromatic carbocycles. The maximum Gasteiger partial charge on any atom is 0.416 e. The first-order chi connectivity index (χ1) is 20.1. The fraction of sp³-hybridized carbons (Fsp3) is 0.200. The second-order valence-electron chi connectivity index (χ2n) is 9.62. The first-order valence-electron chi connectivity index (χ1n) is 12.7. The van der Waals surface area contributed by atoms with Crippen molar-refractivity contribution in [3.8, 4) is 22.6 Å². The molecule has 0 spiro atoms. The number of ether oxygens (including phenoxy) is 2. The summed E-state index contributed by atoms with van der Waals surface area (Å²) >= 11 is 2.05. The van der Waals surface area contributed by atoms with E-state index in [1.165, 1.54) is 23.6 Å². The Hall–Kier alpha value is -3.77. The summed E-state index contributed by atoms with van der Waals surface area (Å²) in [6.45, 7) is 1.26. The molecule has 0 saturated carbocycles. The van der Waals surface area contributed by atoms with Crippen molar-refractivity contribution in [2.45, 2.75) is 35.5 Å². The lowest BCUT2D eigenvalue weighted by molar-refractivity contribution is -0.138. The van der Waals surface area contributed by atoms with Gasteiger partial charge in [0, 0.05) is 28.2 Å². The summed E-state index contributed by atoms with van der Waals surface area (Å²) in [5.74, 6) is -1.89. The zero-order valence-electron chi connectivity index (χ0n) is 21.8. The van der Waals surface area contributed by atoms with Crippen molar-refractivity contribution in [2.24, 2.45) is 0 Å². The second-order valence-corrected chi connectivity index (χ2v) is 11.7. The molecule has 0 fully saturated rings. The van der Waals surface area contributed by atoms with Crippen LogP contribution in [0.25, 0.3) is 11.1 Å². The zero-order valence-corrected chi connectivity index (χ0v) is 23.4. The number of rotatable bonds is 5. The molecule has 0 amide bonds. The van der Waals surface area contributed by atoms with Crippen molar-refractivity contribution >= 4 is 28.6 Å². The van der Waals surface area contributed by atoms with Gasteiger partial charge in [-0.15, -0.1) is 11.8 Å². The Morgan fingerprint density at radius 1 is 1.02 bits per heavy atom. The molecule has 12 heteroatoms. The molecule has 216 valence electrons. The maximum atomic E-state index is 15.7. The van der Waals surface area contributed by atoms with Crippen LogP contribution in [0, 0.1) is 18.6 Å². The monoisotopic (exact) mass is 617 g/mol. The van der Waals surface area contributed by atoms with Gasteiger partial charge in [0.1, 0.15) is 11.9 Å². The van der Waals surface area contributed by atoms with Crippen LogP contribution in [0.2, 0.25) is 0 Å². The van der Waals surface area contributed by atoms with E-state index in [1.54, 1.807) is 30.3 Å². The summed E-state index contributed by atoms with van der Waals surface area (Å²) in [6.07, 6.45) is -5.38. The van der Waals surface area contributed by atoms with Crippen molar-refractivity contribution in [3.05, 3.63) is 105 Å². The highest BCUT2D eigenvalue weighted by Gasteiger charge is 2.38. The number of nitrogens with zero attached hydrogens (tertiary/aromatic N) is 1. The predicted octanol–water partition coefficient (Wildman–Crippen LogP) is 7.41. The average molecular weight is 618 g/mol. The van der Waals surface area contributed by atoms with Crippen molar-refractivity contribution < 1.29 is 36.2 Å². The summed E-state index contributed by atoms with van der Waals surface area (Å²) in [5.41, 5.74) is -2.40. The van der Waals surface area contributed by atoms with Gasteiger partial charge in [0.05, 0.1) is 16.2 Å². The van der Waals surface area contributed by atoms with Gasteiger partial charge in [-0.3, -0.25) is 14.2 Å². The van der Waals surface area contributed by atoms with Crippen LogP contribution in [0.4, 0.5) is 22.0 Å². The van der Waals surface area contributed by atoms with E-state index in [4.69, 9.17) is 9.47 Å². The number of thioether (sulfide) groups is 2. The van der Waals surface area contributed by atoms with Gasteiger partial charge in [-0.2, -0.15) is 13.2 Å². The van der Waals surface area contributed by atoms with Gasteiger partial charge in [0.2, 0.25) is 17.7 Å². The summed E-state index contributed by atoms with van der Waals surface area (Å²) < 4.78 is 84.1.